The van der Waals surface area contributed by atoms with Gasteiger partial charge in [0.25, 0.3) is 5.91 Å². The topological polar surface area (TPSA) is 86.6 Å². The summed E-state index contributed by atoms with van der Waals surface area (Å²) in [6.45, 7) is 3.66. The lowest BCUT2D eigenvalue weighted by Crippen LogP contribution is -2.23. The summed E-state index contributed by atoms with van der Waals surface area (Å²) in [4.78, 5) is 35.5. The van der Waals surface area contributed by atoms with E-state index in [0.717, 1.165) is 28.4 Å². The number of aromatic nitrogens is 1. The van der Waals surface area contributed by atoms with Gasteiger partial charge < -0.3 is 19.4 Å². The molecular formula is C26H24N2O5. The Morgan fingerprint density at radius 1 is 0.879 bits per heavy atom. The molecule has 0 atom stereocenters. The molecule has 33 heavy (non-hydrogen) atoms. The van der Waals surface area contributed by atoms with E-state index in [4.69, 9.17) is 9.47 Å². The molecule has 0 bridgehead atoms. The van der Waals surface area contributed by atoms with Crippen LogP contribution in [0.25, 0.3) is 21.8 Å². The van der Waals surface area contributed by atoms with Crippen molar-refractivity contribution in [2.45, 2.75) is 20.4 Å². The van der Waals surface area contributed by atoms with Crippen LogP contribution in [0, 0.1) is 0 Å². The molecular weight excluding hydrogens is 420 g/mol. The Labute approximate surface area is 190 Å². The van der Waals surface area contributed by atoms with Crippen molar-refractivity contribution in [1.29, 1.82) is 0 Å². The largest absolute Gasteiger partial charge is 0.482 e. The maximum Gasteiger partial charge on any atom is 0.344 e. The Balaban J connectivity index is 1.33. The van der Waals surface area contributed by atoms with Crippen LogP contribution >= 0.6 is 0 Å². The van der Waals surface area contributed by atoms with Crippen LogP contribution in [0.4, 0.5) is 5.69 Å². The van der Waals surface area contributed by atoms with Gasteiger partial charge in [0.1, 0.15) is 5.75 Å². The standard InChI is InChI=1S/C26H24N2O5/c1-3-28-23-7-5-4-6-21(23)22-14-19(10-13-24(22)28)27-25(30)15-33-26(31)16-32-20-11-8-18(9-12-20)17(2)29/h4-14H,3,15-16H2,1-2H3,(H,27,30). The molecule has 0 saturated carbocycles. The number of anilines is 1. The zero-order chi connectivity index (χ0) is 23.4. The second-order valence-corrected chi connectivity index (χ2v) is 7.57. The van der Waals surface area contributed by atoms with E-state index in [2.05, 4.69) is 28.9 Å². The van der Waals surface area contributed by atoms with Gasteiger partial charge in [-0.3, -0.25) is 9.59 Å². The zero-order valence-electron chi connectivity index (χ0n) is 18.5. The number of benzene rings is 3. The Hall–Kier alpha value is -4.13. The van der Waals surface area contributed by atoms with Crippen molar-refractivity contribution in [3.8, 4) is 5.75 Å². The predicted octanol–water partition coefficient (Wildman–Crippen LogP) is 4.58. The van der Waals surface area contributed by atoms with Crippen molar-refractivity contribution in [2.24, 2.45) is 0 Å². The van der Waals surface area contributed by atoms with Gasteiger partial charge in [-0.15, -0.1) is 0 Å². The Bertz CT molecular complexity index is 1340. The highest BCUT2D eigenvalue weighted by Crippen LogP contribution is 2.30. The Morgan fingerprint density at radius 2 is 1.61 bits per heavy atom. The summed E-state index contributed by atoms with van der Waals surface area (Å²) < 4.78 is 12.6. The van der Waals surface area contributed by atoms with Gasteiger partial charge >= 0.3 is 5.97 Å². The fourth-order valence-electron chi connectivity index (χ4n) is 3.79. The molecule has 7 heteroatoms. The quantitative estimate of drug-likeness (QED) is 0.318. The number of rotatable bonds is 8. The average molecular weight is 444 g/mol. The van der Waals surface area contributed by atoms with Gasteiger partial charge in [0, 0.05) is 39.6 Å². The van der Waals surface area contributed by atoms with Gasteiger partial charge in [-0.25, -0.2) is 4.79 Å². The fourth-order valence-corrected chi connectivity index (χ4v) is 3.79. The van der Waals surface area contributed by atoms with Crippen molar-refractivity contribution in [1.82, 2.24) is 4.57 Å². The van der Waals surface area contributed by atoms with E-state index in [1.165, 1.54) is 6.92 Å². The molecule has 4 rings (SSSR count). The number of ether oxygens (including phenoxy) is 2. The van der Waals surface area contributed by atoms with Crippen molar-refractivity contribution in [3.05, 3.63) is 72.3 Å². The monoisotopic (exact) mass is 444 g/mol. The van der Waals surface area contributed by atoms with Crippen LogP contribution in [-0.2, 0) is 20.9 Å². The minimum Gasteiger partial charge on any atom is -0.482 e. The number of ketones is 1. The second kappa shape index (κ2) is 9.56. The van der Waals surface area contributed by atoms with Gasteiger partial charge in [0.05, 0.1) is 0 Å². The summed E-state index contributed by atoms with van der Waals surface area (Å²) in [6, 6.07) is 20.3. The summed E-state index contributed by atoms with van der Waals surface area (Å²) in [5, 5.41) is 4.94. The lowest BCUT2D eigenvalue weighted by Gasteiger charge is -2.09. The zero-order valence-corrected chi connectivity index (χ0v) is 18.5. The molecule has 1 aromatic heterocycles. The second-order valence-electron chi connectivity index (χ2n) is 7.57. The van der Waals surface area contributed by atoms with E-state index in [1.54, 1.807) is 24.3 Å². The van der Waals surface area contributed by atoms with Crippen molar-refractivity contribution in [2.75, 3.05) is 18.5 Å². The summed E-state index contributed by atoms with van der Waals surface area (Å²) >= 11 is 0. The van der Waals surface area contributed by atoms with Crippen molar-refractivity contribution < 1.29 is 23.9 Å². The molecule has 0 unspecified atom stereocenters. The van der Waals surface area contributed by atoms with Gasteiger partial charge in [-0.1, -0.05) is 18.2 Å². The number of Topliss-reactive ketones (excluding diaryl/α,β-unsaturated/α-hetero) is 1. The van der Waals surface area contributed by atoms with Crippen molar-refractivity contribution in [3.63, 3.8) is 0 Å². The SMILES string of the molecule is CCn1c2ccccc2c2cc(NC(=O)COC(=O)COc3ccc(C(C)=O)cc3)ccc21. The van der Waals surface area contributed by atoms with Gasteiger partial charge in [-0.05, 0) is 62.4 Å². The van der Waals surface area contributed by atoms with E-state index in [0.29, 0.717) is 17.0 Å². The first-order valence-electron chi connectivity index (χ1n) is 10.7. The molecule has 4 aromatic rings. The third-order valence-electron chi connectivity index (χ3n) is 5.35. The molecule has 1 amide bonds. The molecule has 0 saturated heterocycles. The third-order valence-corrected chi connectivity index (χ3v) is 5.35. The minimum absolute atomic E-state index is 0.0535. The number of hydrogen-bond acceptors (Lipinski definition) is 5. The lowest BCUT2D eigenvalue weighted by atomic mass is 10.1. The molecule has 0 fully saturated rings. The van der Waals surface area contributed by atoms with Crippen molar-refractivity contribution >= 4 is 45.2 Å². The van der Waals surface area contributed by atoms with E-state index < -0.39 is 18.5 Å². The van der Waals surface area contributed by atoms with E-state index in [9.17, 15) is 14.4 Å². The lowest BCUT2D eigenvalue weighted by molar-refractivity contribution is -0.149. The van der Waals surface area contributed by atoms with E-state index in [-0.39, 0.29) is 12.4 Å². The number of nitrogens with zero attached hydrogens (tertiary/aromatic N) is 1. The van der Waals surface area contributed by atoms with Crippen LogP contribution in [0.3, 0.4) is 0 Å². The number of fused-ring (bicyclic) bond motifs is 3. The fraction of sp³-hybridized carbons (Fsp3) is 0.192. The number of aryl methyl sites for hydroxylation is 1. The number of esters is 1. The molecule has 0 aliphatic rings. The molecule has 168 valence electrons. The summed E-state index contributed by atoms with van der Waals surface area (Å²) in [6.07, 6.45) is 0. The Morgan fingerprint density at radius 3 is 2.33 bits per heavy atom. The minimum atomic E-state index is -0.665. The molecule has 0 radical (unpaired) electrons. The average Bonchev–Trinajstić information content (AvgIpc) is 3.14. The summed E-state index contributed by atoms with van der Waals surface area (Å²) in [5.41, 5.74) is 3.42. The first-order valence-corrected chi connectivity index (χ1v) is 10.7. The molecule has 0 spiro atoms. The van der Waals surface area contributed by atoms with E-state index >= 15 is 0 Å². The van der Waals surface area contributed by atoms with Gasteiger partial charge in [-0.2, -0.15) is 0 Å². The maximum absolute atomic E-state index is 12.3. The molecule has 3 aromatic carbocycles. The molecule has 0 aliphatic carbocycles. The molecule has 0 aliphatic heterocycles. The smallest absolute Gasteiger partial charge is 0.344 e. The highest BCUT2D eigenvalue weighted by molar-refractivity contribution is 6.09. The highest BCUT2D eigenvalue weighted by atomic mass is 16.6. The maximum atomic E-state index is 12.3. The number of para-hydroxylation sites is 1. The van der Waals surface area contributed by atoms with Crippen LogP contribution in [0.15, 0.2) is 66.7 Å². The number of carbonyl (C=O) groups excluding carboxylic acids is 3. The van der Waals surface area contributed by atoms with Crippen LogP contribution < -0.4 is 10.1 Å². The summed E-state index contributed by atoms with van der Waals surface area (Å²) in [5.74, 6) is -0.724. The molecule has 7 nitrogen and oxygen atoms in total. The molecule has 1 N–H and O–H groups in total. The number of carbonyl (C=O) groups is 3. The first-order chi connectivity index (χ1) is 16.0. The van der Waals surface area contributed by atoms with Crippen LogP contribution in [-0.4, -0.2) is 35.4 Å². The number of nitrogens with one attached hydrogen (secondary N) is 1. The normalized spacial score (nSPS) is 10.8. The molecule has 1 heterocycles. The summed E-state index contributed by atoms with van der Waals surface area (Å²) in [7, 11) is 0. The first kappa shape index (κ1) is 22.1. The highest BCUT2D eigenvalue weighted by Gasteiger charge is 2.12. The van der Waals surface area contributed by atoms with Crippen LogP contribution in [0.5, 0.6) is 5.75 Å². The van der Waals surface area contributed by atoms with Crippen LogP contribution in [0.1, 0.15) is 24.2 Å². The number of hydrogen-bond donors (Lipinski definition) is 1. The predicted molar refractivity (Wildman–Crippen MR) is 127 cm³/mol. The van der Waals surface area contributed by atoms with E-state index in [1.807, 2.05) is 30.3 Å². The number of amides is 1. The Kier molecular flexibility index (Phi) is 6.40. The van der Waals surface area contributed by atoms with Crippen LogP contribution in [0.2, 0.25) is 0 Å². The van der Waals surface area contributed by atoms with Gasteiger partial charge in [0.2, 0.25) is 0 Å². The third kappa shape index (κ3) is 4.87. The van der Waals surface area contributed by atoms with Gasteiger partial charge in [0.15, 0.2) is 19.0 Å².